The Labute approximate surface area is 141 Å². The standard InChI is InChI=1S/C17H23N5O2/c1-11-8-9-18-10-15(11)19-17(23)16-12(2)22(21-20-16)13-4-6-14(24-3)7-5-13/h4-7,11,15,18H,8-10H2,1-3H3,(H,19,23). The van der Waals surface area contributed by atoms with E-state index in [2.05, 4.69) is 27.9 Å². The van der Waals surface area contributed by atoms with E-state index >= 15 is 0 Å². The number of nitrogens with one attached hydrogen (secondary N) is 2. The zero-order valence-corrected chi connectivity index (χ0v) is 14.2. The van der Waals surface area contributed by atoms with Crippen LogP contribution in [-0.4, -0.2) is 47.1 Å². The van der Waals surface area contributed by atoms with Crippen LogP contribution in [0.25, 0.3) is 5.69 Å². The van der Waals surface area contributed by atoms with Crippen molar-refractivity contribution in [1.82, 2.24) is 25.6 Å². The van der Waals surface area contributed by atoms with Gasteiger partial charge in [0.05, 0.1) is 18.5 Å². The Morgan fingerprint density at radius 1 is 1.38 bits per heavy atom. The van der Waals surface area contributed by atoms with Gasteiger partial charge in [-0.05, 0) is 50.1 Å². The molecule has 1 fully saturated rings. The number of ether oxygens (including phenoxy) is 1. The molecule has 1 aromatic carbocycles. The number of carbonyl (C=O) groups is 1. The molecule has 24 heavy (non-hydrogen) atoms. The van der Waals surface area contributed by atoms with E-state index in [0.717, 1.165) is 30.9 Å². The lowest BCUT2D eigenvalue weighted by Gasteiger charge is -2.29. The van der Waals surface area contributed by atoms with E-state index in [-0.39, 0.29) is 11.9 Å². The molecule has 0 saturated carbocycles. The highest BCUT2D eigenvalue weighted by molar-refractivity contribution is 5.93. The van der Waals surface area contributed by atoms with Gasteiger partial charge in [-0.1, -0.05) is 12.1 Å². The Morgan fingerprint density at radius 2 is 2.12 bits per heavy atom. The van der Waals surface area contributed by atoms with Crippen molar-refractivity contribution < 1.29 is 9.53 Å². The molecule has 1 amide bonds. The van der Waals surface area contributed by atoms with Crippen molar-refractivity contribution in [3.8, 4) is 11.4 Å². The third kappa shape index (κ3) is 3.26. The fourth-order valence-corrected chi connectivity index (χ4v) is 2.93. The monoisotopic (exact) mass is 329 g/mol. The van der Waals surface area contributed by atoms with Crippen LogP contribution in [0.3, 0.4) is 0 Å². The van der Waals surface area contributed by atoms with E-state index in [1.54, 1.807) is 11.8 Å². The Morgan fingerprint density at radius 3 is 2.79 bits per heavy atom. The Hall–Kier alpha value is -2.41. The van der Waals surface area contributed by atoms with Crippen LogP contribution in [0.15, 0.2) is 24.3 Å². The van der Waals surface area contributed by atoms with Crippen LogP contribution in [0.1, 0.15) is 29.5 Å². The number of hydrogen-bond donors (Lipinski definition) is 2. The molecule has 1 aliphatic rings. The number of amides is 1. The molecule has 1 aliphatic heterocycles. The Bertz CT molecular complexity index is 710. The van der Waals surface area contributed by atoms with Crippen LogP contribution in [0.2, 0.25) is 0 Å². The zero-order valence-electron chi connectivity index (χ0n) is 14.2. The van der Waals surface area contributed by atoms with Gasteiger partial charge in [-0.3, -0.25) is 4.79 Å². The van der Waals surface area contributed by atoms with Gasteiger partial charge in [-0.2, -0.15) is 0 Å². The van der Waals surface area contributed by atoms with E-state index in [1.165, 1.54) is 0 Å². The van der Waals surface area contributed by atoms with Crippen LogP contribution in [0.5, 0.6) is 5.75 Å². The first-order valence-corrected chi connectivity index (χ1v) is 8.18. The number of nitrogens with zero attached hydrogens (tertiary/aromatic N) is 3. The van der Waals surface area contributed by atoms with Crippen molar-refractivity contribution in [3.63, 3.8) is 0 Å². The lowest BCUT2D eigenvalue weighted by Crippen LogP contribution is -2.50. The largest absolute Gasteiger partial charge is 0.497 e. The molecule has 0 radical (unpaired) electrons. The Kier molecular flexibility index (Phi) is 4.80. The maximum Gasteiger partial charge on any atom is 0.274 e. The number of carbonyl (C=O) groups excluding carboxylic acids is 1. The summed E-state index contributed by atoms with van der Waals surface area (Å²) in [5.74, 6) is 1.05. The smallest absolute Gasteiger partial charge is 0.274 e. The first kappa shape index (κ1) is 16.4. The second-order valence-corrected chi connectivity index (χ2v) is 6.18. The molecule has 128 valence electrons. The summed E-state index contributed by atoms with van der Waals surface area (Å²) in [7, 11) is 1.62. The summed E-state index contributed by atoms with van der Waals surface area (Å²) in [5, 5.41) is 14.6. The topological polar surface area (TPSA) is 81.1 Å². The van der Waals surface area contributed by atoms with Gasteiger partial charge in [-0.25, -0.2) is 4.68 Å². The van der Waals surface area contributed by atoms with E-state index in [0.29, 0.717) is 17.3 Å². The molecule has 2 N–H and O–H groups in total. The molecule has 2 unspecified atom stereocenters. The highest BCUT2D eigenvalue weighted by atomic mass is 16.5. The van der Waals surface area contributed by atoms with Gasteiger partial charge < -0.3 is 15.4 Å². The average Bonchev–Trinajstić information content (AvgIpc) is 2.98. The van der Waals surface area contributed by atoms with Gasteiger partial charge >= 0.3 is 0 Å². The number of rotatable bonds is 4. The summed E-state index contributed by atoms with van der Waals surface area (Å²) in [6.07, 6.45) is 1.06. The molecular formula is C17H23N5O2. The average molecular weight is 329 g/mol. The van der Waals surface area contributed by atoms with Gasteiger partial charge in [0.2, 0.25) is 0 Å². The van der Waals surface area contributed by atoms with Crippen LogP contribution in [0.4, 0.5) is 0 Å². The number of benzene rings is 1. The molecule has 7 heteroatoms. The molecule has 1 aromatic heterocycles. The van der Waals surface area contributed by atoms with Crippen LogP contribution in [-0.2, 0) is 0 Å². The van der Waals surface area contributed by atoms with Crippen LogP contribution >= 0.6 is 0 Å². The quantitative estimate of drug-likeness (QED) is 0.884. The van der Waals surface area contributed by atoms with E-state index < -0.39 is 0 Å². The number of methoxy groups -OCH3 is 1. The fraction of sp³-hybridized carbons (Fsp3) is 0.471. The highest BCUT2D eigenvalue weighted by Crippen LogP contribution is 2.17. The molecule has 7 nitrogen and oxygen atoms in total. The minimum Gasteiger partial charge on any atom is -0.497 e. The summed E-state index contributed by atoms with van der Waals surface area (Å²) in [4.78, 5) is 12.5. The van der Waals surface area contributed by atoms with E-state index in [4.69, 9.17) is 4.74 Å². The predicted molar refractivity (Wildman–Crippen MR) is 90.6 cm³/mol. The third-order valence-electron chi connectivity index (χ3n) is 4.57. The first-order valence-electron chi connectivity index (χ1n) is 8.18. The van der Waals surface area contributed by atoms with Crippen molar-refractivity contribution in [2.75, 3.05) is 20.2 Å². The van der Waals surface area contributed by atoms with Crippen LogP contribution < -0.4 is 15.4 Å². The first-order chi connectivity index (χ1) is 11.6. The summed E-state index contributed by atoms with van der Waals surface area (Å²) >= 11 is 0. The van der Waals surface area contributed by atoms with Crippen molar-refractivity contribution in [3.05, 3.63) is 35.7 Å². The molecule has 2 heterocycles. The molecule has 0 aliphatic carbocycles. The lowest BCUT2D eigenvalue weighted by molar-refractivity contribution is 0.0909. The maximum atomic E-state index is 12.5. The summed E-state index contributed by atoms with van der Waals surface area (Å²) in [6.45, 7) is 5.80. The molecule has 2 atom stereocenters. The summed E-state index contributed by atoms with van der Waals surface area (Å²) in [5.41, 5.74) is 1.92. The van der Waals surface area contributed by atoms with Gasteiger partial charge in [0, 0.05) is 12.6 Å². The minimum absolute atomic E-state index is 0.122. The molecule has 2 aromatic rings. The number of piperidine rings is 1. The normalized spacial score (nSPS) is 20.6. The van der Waals surface area contributed by atoms with Gasteiger partial charge in [0.1, 0.15) is 5.75 Å². The minimum atomic E-state index is -0.173. The van der Waals surface area contributed by atoms with E-state index in [9.17, 15) is 4.79 Å². The van der Waals surface area contributed by atoms with Crippen molar-refractivity contribution in [2.45, 2.75) is 26.3 Å². The molecule has 0 spiro atoms. The van der Waals surface area contributed by atoms with Gasteiger partial charge in [0.25, 0.3) is 5.91 Å². The molecule has 3 rings (SSSR count). The van der Waals surface area contributed by atoms with Crippen molar-refractivity contribution in [2.24, 2.45) is 5.92 Å². The maximum absolute atomic E-state index is 12.5. The third-order valence-corrected chi connectivity index (χ3v) is 4.57. The number of aromatic nitrogens is 3. The van der Waals surface area contributed by atoms with E-state index in [1.807, 2.05) is 31.2 Å². The highest BCUT2D eigenvalue weighted by Gasteiger charge is 2.25. The summed E-state index contributed by atoms with van der Waals surface area (Å²) in [6, 6.07) is 7.60. The molecule has 0 bridgehead atoms. The van der Waals surface area contributed by atoms with Gasteiger partial charge in [-0.15, -0.1) is 5.10 Å². The molecular weight excluding hydrogens is 306 g/mol. The Balaban J connectivity index is 1.77. The molecule has 1 saturated heterocycles. The van der Waals surface area contributed by atoms with Crippen molar-refractivity contribution in [1.29, 1.82) is 0 Å². The second kappa shape index (κ2) is 7.00. The zero-order chi connectivity index (χ0) is 17.1. The second-order valence-electron chi connectivity index (χ2n) is 6.18. The summed E-state index contributed by atoms with van der Waals surface area (Å²) < 4.78 is 6.82. The number of hydrogen-bond acceptors (Lipinski definition) is 5. The predicted octanol–water partition coefficient (Wildman–Crippen LogP) is 1.31. The lowest BCUT2D eigenvalue weighted by atomic mass is 9.95. The van der Waals surface area contributed by atoms with Crippen LogP contribution in [0, 0.1) is 12.8 Å². The fourth-order valence-electron chi connectivity index (χ4n) is 2.93. The van der Waals surface area contributed by atoms with Crippen molar-refractivity contribution >= 4 is 5.91 Å². The SMILES string of the molecule is COc1ccc(-n2nnc(C(=O)NC3CNCCC3C)c2C)cc1. The van der Waals surface area contributed by atoms with Gasteiger partial charge in [0.15, 0.2) is 5.69 Å².